The minimum Gasteiger partial charge on any atom is -0.504 e. The lowest BCUT2D eigenvalue weighted by Crippen LogP contribution is -2.65. The van der Waals surface area contributed by atoms with Crippen LogP contribution in [0.2, 0.25) is 0 Å². The number of hydrogen-bond acceptors (Lipinski definition) is 6. The summed E-state index contributed by atoms with van der Waals surface area (Å²) in [5.41, 5.74) is -0.0887. The van der Waals surface area contributed by atoms with Gasteiger partial charge in [0.25, 0.3) is 0 Å². The number of carbonyl (C=O) groups excluding carboxylic acids is 3. The van der Waals surface area contributed by atoms with Crippen LogP contribution in [0.3, 0.4) is 0 Å². The molecule has 1 aromatic carbocycles. The largest absolute Gasteiger partial charge is 0.504 e. The second-order valence-electron chi connectivity index (χ2n) is 12.2. The smallest absolute Gasteiger partial charge is 0.187 e. The predicted molar refractivity (Wildman–Crippen MR) is 126 cm³/mol. The zero-order chi connectivity index (χ0) is 25.0. The van der Waals surface area contributed by atoms with Crippen LogP contribution in [-0.4, -0.2) is 39.3 Å². The maximum atomic E-state index is 13.4. The monoisotopic (exact) mass is 466 g/mol. The maximum absolute atomic E-state index is 13.4. The molecular formula is C28H34O6. The molecular weight excluding hydrogens is 432 g/mol. The fourth-order valence-corrected chi connectivity index (χ4v) is 8.45. The number of aldehydes is 1. The van der Waals surface area contributed by atoms with Crippen molar-refractivity contribution in [1.82, 2.24) is 0 Å². The van der Waals surface area contributed by atoms with E-state index in [1.807, 2.05) is 6.92 Å². The minimum absolute atomic E-state index is 0.0655. The van der Waals surface area contributed by atoms with Crippen LogP contribution >= 0.6 is 0 Å². The molecule has 6 heteroatoms. The van der Waals surface area contributed by atoms with Gasteiger partial charge < -0.3 is 15.3 Å². The Bertz CT molecular complexity index is 1180. The number of ketones is 2. The second-order valence-corrected chi connectivity index (χ2v) is 12.2. The summed E-state index contributed by atoms with van der Waals surface area (Å²) in [5.74, 6) is -1.44. The Labute approximate surface area is 200 Å². The molecule has 4 aliphatic rings. The third-order valence-electron chi connectivity index (χ3n) is 10.8. The summed E-state index contributed by atoms with van der Waals surface area (Å²) in [7, 11) is 0. The molecule has 0 saturated heterocycles. The topological polar surface area (TPSA) is 112 Å². The third kappa shape index (κ3) is 2.48. The van der Waals surface area contributed by atoms with E-state index in [0.717, 1.165) is 24.8 Å². The summed E-state index contributed by atoms with van der Waals surface area (Å²) in [6, 6.07) is 1.45. The second kappa shape index (κ2) is 6.81. The first-order valence-electron chi connectivity index (χ1n) is 12.3. The molecule has 182 valence electrons. The molecule has 7 atom stereocenters. The molecule has 6 nitrogen and oxygen atoms in total. The Morgan fingerprint density at radius 3 is 2.35 bits per heavy atom. The average Bonchev–Trinajstić information content (AvgIpc) is 2.79. The van der Waals surface area contributed by atoms with Gasteiger partial charge in [-0.15, -0.1) is 0 Å². The van der Waals surface area contributed by atoms with E-state index in [9.17, 15) is 29.7 Å². The maximum Gasteiger partial charge on any atom is 0.187 e. The molecule has 1 aromatic rings. The van der Waals surface area contributed by atoms with E-state index in [4.69, 9.17) is 0 Å². The average molecular weight is 467 g/mol. The van der Waals surface area contributed by atoms with Gasteiger partial charge in [0.1, 0.15) is 6.10 Å². The first kappa shape index (κ1) is 23.3. The molecule has 5 rings (SSSR count). The first-order valence-corrected chi connectivity index (χ1v) is 12.3. The number of aliphatic hydroxyl groups excluding tert-OH is 1. The summed E-state index contributed by atoms with van der Waals surface area (Å²) < 4.78 is 0. The van der Waals surface area contributed by atoms with Crippen molar-refractivity contribution in [3.05, 3.63) is 34.4 Å². The van der Waals surface area contributed by atoms with Gasteiger partial charge in [-0.1, -0.05) is 34.6 Å². The Hall–Kier alpha value is -2.47. The van der Waals surface area contributed by atoms with Gasteiger partial charge in [0.05, 0.1) is 5.56 Å². The molecule has 0 heterocycles. The number of fused-ring (bicyclic) bond motifs is 7. The lowest BCUT2D eigenvalue weighted by molar-refractivity contribution is -0.190. The molecule has 0 radical (unpaired) electrons. The van der Waals surface area contributed by atoms with E-state index < -0.39 is 28.4 Å². The van der Waals surface area contributed by atoms with Crippen molar-refractivity contribution >= 4 is 17.9 Å². The molecule has 3 saturated carbocycles. The Morgan fingerprint density at radius 2 is 1.71 bits per heavy atom. The van der Waals surface area contributed by atoms with Crippen LogP contribution < -0.4 is 0 Å². The van der Waals surface area contributed by atoms with Gasteiger partial charge >= 0.3 is 0 Å². The van der Waals surface area contributed by atoms with Crippen LogP contribution in [0.25, 0.3) is 0 Å². The van der Waals surface area contributed by atoms with Gasteiger partial charge in [0.15, 0.2) is 29.4 Å². The standard InChI is InChI=1S/C28H34O6/c1-14-10-19-26(3,24(34)22(14)32)7-9-28(5)20-12-17(30)21-15(13-29)23(33)18(31)11-16(21)25(20,2)6-8-27(19,28)4/h11-14,19,24,31,33-34H,6-10H2,1-5H3/t14-,19?,24-,25+,26-,27+,28-/m1/s1. The van der Waals surface area contributed by atoms with Crippen molar-refractivity contribution in [2.75, 3.05) is 0 Å². The fraction of sp³-hybridized carbons (Fsp3) is 0.607. The summed E-state index contributed by atoms with van der Waals surface area (Å²) in [5, 5.41) is 31.7. The minimum atomic E-state index is -0.978. The fourth-order valence-electron chi connectivity index (χ4n) is 8.45. The van der Waals surface area contributed by atoms with Crippen molar-refractivity contribution in [2.24, 2.45) is 28.1 Å². The lowest BCUT2D eigenvalue weighted by atomic mass is 9.35. The third-order valence-corrected chi connectivity index (χ3v) is 10.8. The number of phenolic OH excluding ortho intramolecular Hbond substituents is 2. The van der Waals surface area contributed by atoms with Gasteiger partial charge in [-0.25, -0.2) is 0 Å². The van der Waals surface area contributed by atoms with Gasteiger partial charge in [0, 0.05) is 22.3 Å². The molecule has 3 N–H and O–H groups in total. The van der Waals surface area contributed by atoms with Crippen molar-refractivity contribution in [3.63, 3.8) is 0 Å². The summed E-state index contributed by atoms with van der Waals surface area (Å²) >= 11 is 0. The first-order chi connectivity index (χ1) is 15.8. The number of benzene rings is 1. The highest BCUT2D eigenvalue weighted by Gasteiger charge is 2.68. The predicted octanol–water partition coefficient (Wildman–Crippen LogP) is 4.48. The SMILES string of the molecule is C[C@@H]1CC2[C@]3(C)CC[C@]4(C)C(=CC(=O)c5c4cc(O)c(O)c5C=O)[C@@]3(C)CC[C@@]2(C)[C@H](O)C1=O. The number of allylic oxidation sites excluding steroid dienone is 2. The zero-order valence-electron chi connectivity index (χ0n) is 20.6. The summed E-state index contributed by atoms with van der Waals surface area (Å²) in [4.78, 5) is 37.9. The van der Waals surface area contributed by atoms with E-state index >= 15 is 0 Å². The summed E-state index contributed by atoms with van der Waals surface area (Å²) in [6.07, 6.45) is 4.76. The Balaban J connectivity index is 1.70. The highest BCUT2D eigenvalue weighted by molar-refractivity contribution is 6.13. The van der Waals surface area contributed by atoms with Gasteiger partial charge in [-0.2, -0.15) is 0 Å². The normalized spacial score (nSPS) is 43.2. The molecule has 0 aliphatic heterocycles. The van der Waals surface area contributed by atoms with Crippen LogP contribution in [0.5, 0.6) is 11.5 Å². The molecule has 0 spiro atoms. The van der Waals surface area contributed by atoms with Crippen LogP contribution in [0.15, 0.2) is 17.7 Å². The molecule has 3 fully saturated rings. The quantitative estimate of drug-likeness (QED) is 0.416. The van der Waals surface area contributed by atoms with E-state index in [1.54, 1.807) is 6.08 Å². The van der Waals surface area contributed by atoms with Crippen molar-refractivity contribution < 1.29 is 29.7 Å². The number of hydrogen-bond donors (Lipinski definition) is 3. The van der Waals surface area contributed by atoms with Crippen LogP contribution in [0.4, 0.5) is 0 Å². The molecule has 0 amide bonds. The highest BCUT2D eigenvalue weighted by atomic mass is 16.3. The summed E-state index contributed by atoms with van der Waals surface area (Å²) in [6.45, 7) is 10.5. The van der Waals surface area contributed by atoms with Gasteiger partial charge in [-0.3, -0.25) is 14.4 Å². The number of carbonyl (C=O) groups is 3. The Morgan fingerprint density at radius 1 is 1.03 bits per heavy atom. The molecule has 1 unspecified atom stereocenters. The molecule has 0 aromatic heterocycles. The van der Waals surface area contributed by atoms with Crippen molar-refractivity contribution in [1.29, 1.82) is 0 Å². The van der Waals surface area contributed by atoms with E-state index in [2.05, 4.69) is 27.7 Å². The van der Waals surface area contributed by atoms with Gasteiger partial charge in [0.2, 0.25) is 0 Å². The number of Topliss-reactive ketones (excluding diaryl/α,β-unsaturated/α-hetero) is 1. The highest BCUT2D eigenvalue weighted by Crippen LogP contribution is 2.73. The van der Waals surface area contributed by atoms with E-state index in [-0.39, 0.29) is 45.4 Å². The molecule has 34 heavy (non-hydrogen) atoms. The number of aromatic hydroxyl groups is 2. The van der Waals surface area contributed by atoms with E-state index in [1.165, 1.54) is 6.07 Å². The van der Waals surface area contributed by atoms with Crippen LogP contribution in [-0.2, 0) is 10.2 Å². The number of aliphatic hydroxyl groups is 1. The van der Waals surface area contributed by atoms with Crippen LogP contribution in [0.1, 0.15) is 93.0 Å². The molecule has 4 aliphatic carbocycles. The Kier molecular flexibility index (Phi) is 4.66. The van der Waals surface area contributed by atoms with E-state index in [0.29, 0.717) is 24.7 Å². The molecule has 0 bridgehead atoms. The zero-order valence-corrected chi connectivity index (χ0v) is 20.6. The lowest BCUT2D eigenvalue weighted by Gasteiger charge is -2.69. The van der Waals surface area contributed by atoms with Crippen LogP contribution in [0, 0.1) is 28.1 Å². The van der Waals surface area contributed by atoms with Crippen molar-refractivity contribution in [3.8, 4) is 11.5 Å². The number of phenols is 2. The van der Waals surface area contributed by atoms with Gasteiger partial charge in [-0.05, 0) is 72.1 Å². The number of rotatable bonds is 1. The van der Waals surface area contributed by atoms with Crippen molar-refractivity contribution in [2.45, 2.75) is 78.2 Å².